The van der Waals surface area contributed by atoms with Crippen LogP contribution in [0.3, 0.4) is 0 Å². The topological polar surface area (TPSA) is 83.1 Å². The monoisotopic (exact) mass is 689 g/mol. The van der Waals surface area contributed by atoms with E-state index in [1.165, 1.54) is 34.3 Å². The van der Waals surface area contributed by atoms with Gasteiger partial charge in [-0.2, -0.15) is 0 Å². The molecular weight excluding hydrogens is 659 g/mol. The van der Waals surface area contributed by atoms with Crippen LogP contribution in [0.15, 0.2) is 97.1 Å². The zero-order valence-corrected chi connectivity index (χ0v) is 27.9. The number of fused-ring (bicyclic) bond motifs is 4. The van der Waals surface area contributed by atoms with Crippen LogP contribution in [0, 0.1) is 17.5 Å². The van der Waals surface area contributed by atoms with Crippen molar-refractivity contribution in [1.82, 2.24) is 0 Å². The number of Topliss-reactive ketones (excluding diaryl/α,β-unsaturated/α-hetero) is 1. The van der Waals surface area contributed by atoms with Crippen molar-refractivity contribution in [2.75, 3.05) is 26.6 Å². The molecule has 1 amide bonds. The highest BCUT2D eigenvalue weighted by Gasteiger charge is 2.46. The molecule has 0 aromatic heterocycles. The number of amides is 1. The Balaban J connectivity index is 1.50. The minimum absolute atomic E-state index is 0.130. The number of carbonyl (C=O) groups is 2. The van der Waals surface area contributed by atoms with E-state index in [-0.39, 0.29) is 34.0 Å². The van der Waals surface area contributed by atoms with Crippen LogP contribution in [0.1, 0.15) is 44.3 Å². The summed E-state index contributed by atoms with van der Waals surface area (Å²) in [4.78, 5) is 26.3. The maximum atomic E-state index is 16.0. The van der Waals surface area contributed by atoms with Gasteiger partial charge in [-0.1, -0.05) is 24.3 Å². The number of carbonyl (C=O) groups excluding carboxylic acids is 2. The number of benzene rings is 6. The second-order valence-corrected chi connectivity index (χ2v) is 12.0. The molecule has 0 saturated carbocycles. The van der Waals surface area contributed by atoms with Crippen LogP contribution in [-0.2, 0) is 5.60 Å². The number of anilines is 1. The van der Waals surface area contributed by atoms with Gasteiger partial charge in [0, 0.05) is 40.4 Å². The summed E-state index contributed by atoms with van der Waals surface area (Å²) in [5, 5.41) is 4.97. The van der Waals surface area contributed by atoms with Crippen molar-refractivity contribution < 1.29 is 41.7 Å². The Morgan fingerprint density at radius 3 is 2.10 bits per heavy atom. The molecule has 1 aliphatic heterocycles. The minimum atomic E-state index is -2.06. The highest BCUT2D eigenvalue weighted by molar-refractivity contribution is 6.15. The number of methoxy groups -OCH3 is 3. The number of rotatable bonds is 8. The van der Waals surface area contributed by atoms with Crippen LogP contribution in [0.25, 0.3) is 27.6 Å². The maximum absolute atomic E-state index is 16.0. The van der Waals surface area contributed by atoms with Crippen LogP contribution >= 0.6 is 0 Å². The van der Waals surface area contributed by atoms with Gasteiger partial charge in [-0.15, -0.1) is 0 Å². The lowest BCUT2D eigenvalue weighted by atomic mass is 9.79. The van der Waals surface area contributed by atoms with Gasteiger partial charge in [-0.3, -0.25) is 9.59 Å². The van der Waals surface area contributed by atoms with E-state index in [9.17, 15) is 14.0 Å². The molecule has 7 rings (SSSR count). The molecule has 1 aliphatic rings. The standard InChI is InChI=1S/C41H30F3NO6/c1-22(46)29-16-23-10-13-35-27(30(23)20-32(29)40(47)45-25-8-6-5-7-9-25)14-15-41(51-35,39-33(43)17-24(42)18-34(39)44)38-28-12-11-26(48-2)19-31(28)36(49-3)21-37(38)50-4/h5-21H,1-4H3,(H,45,47). The van der Waals surface area contributed by atoms with Crippen LogP contribution < -0.4 is 24.3 Å². The Labute approximate surface area is 290 Å². The minimum Gasteiger partial charge on any atom is -0.497 e. The molecule has 6 aromatic rings. The number of halogens is 3. The molecule has 7 nitrogen and oxygen atoms in total. The Bertz CT molecular complexity index is 2400. The molecule has 1 N–H and O–H groups in total. The van der Waals surface area contributed by atoms with Crippen molar-refractivity contribution in [1.29, 1.82) is 0 Å². The first kappa shape index (κ1) is 33.2. The van der Waals surface area contributed by atoms with Gasteiger partial charge in [-0.05, 0) is 83.8 Å². The Kier molecular flexibility index (Phi) is 8.38. The van der Waals surface area contributed by atoms with E-state index in [0.29, 0.717) is 56.4 Å². The summed E-state index contributed by atoms with van der Waals surface area (Å²) in [5.74, 6) is -3.03. The fraction of sp³-hybridized carbons (Fsp3) is 0.122. The molecule has 1 heterocycles. The van der Waals surface area contributed by atoms with Gasteiger partial charge in [-0.25, -0.2) is 13.2 Å². The average molecular weight is 690 g/mol. The van der Waals surface area contributed by atoms with Gasteiger partial charge < -0.3 is 24.3 Å². The maximum Gasteiger partial charge on any atom is 0.256 e. The van der Waals surface area contributed by atoms with Gasteiger partial charge in [0.15, 0.2) is 11.4 Å². The van der Waals surface area contributed by atoms with Crippen molar-refractivity contribution in [2.45, 2.75) is 12.5 Å². The Morgan fingerprint density at radius 1 is 0.706 bits per heavy atom. The highest BCUT2D eigenvalue weighted by atomic mass is 19.1. The molecule has 10 heteroatoms. The summed E-state index contributed by atoms with van der Waals surface area (Å²) >= 11 is 0. The van der Waals surface area contributed by atoms with Gasteiger partial charge in [0.2, 0.25) is 0 Å². The molecule has 0 saturated heterocycles. The third-order valence-corrected chi connectivity index (χ3v) is 9.03. The molecule has 0 fully saturated rings. The largest absolute Gasteiger partial charge is 0.497 e. The quantitative estimate of drug-likeness (QED) is 0.161. The van der Waals surface area contributed by atoms with E-state index in [1.807, 2.05) is 6.07 Å². The summed E-state index contributed by atoms with van der Waals surface area (Å²) < 4.78 is 70.1. The summed E-state index contributed by atoms with van der Waals surface area (Å²) in [6.07, 6.45) is 3.11. The van der Waals surface area contributed by atoms with Gasteiger partial charge in [0.25, 0.3) is 5.91 Å². The summed E-state index contributed by atoms with van der Waals surface area (Å²) in [6.45, 7) is 1.38. The first-order chi connectivity index (χ1) is 24.6. The number of para-hydroxylation sites is 1. The number of ether oxygens (including phenoxy) is 4. The van der Waals surface area contributed by atoms with E-state index < -0.39 is 34.5 Å². The van der Waals surface area contributed by atoms with E-state index in [4.69, 9.17) is 18.9 Å². The zero-order chi connectivity index (χ0) is 36.0. The molecule has 0 aliphatic carbocycles. The second-order valence-electron chi connectivity index (χ2n) is 12.0. The fourth-order valence-electron chi connectivity index (χ4n) is 6.72. The summed E-state index contributed by atoms with van der Waals surface area (Å²) in [7, 11) is 4.39. The van der Waals surface area contributed by atoms with Crippen LogP contribution in [0.4, 0.5) is 18.9 Å². The highest BCUT2D eigenvalue weighted by Crippen LogP contribution is 2.52. The molecule has 1 atom stereocenters. The van der Waals surface area contributed by atoms with Crippen molar-refractivity contribution in [3.8, 4) is 23.0 Å². The normalized spacial score (nSPS) is 14.9. The van der Waals surface area contributed by atoms with E-state index in [0.717, 1.165) is 0 Å². The molecule has 0 radical (unpaired) electrons. The summed E-state index contributed by atoms with van der Waals surface area (Å²) in [6, 6.07) is 23.2. The predicted octanol–water partition coefficient (Wildman–Crippen LogP) is 9.24. The zero-order valence-electron chi connectivity index (χ0n) is 27.9. The predicted molar refractivity (Wildman–Crippen MR) is 189 cm³/mol. The van der Waals surface area contributed by atoms with Gasteiger partial charge >= 0.3 is 0 Å². The Hall–Kier alpha value is -6.29. The number of hydrogen-bond acceptors (Lipinski definition) is 6. The number of nitrogens with one attached hydrogen (secondary N) is 1. The third kappa shape index (κ3) is 5.58. The lowest BCUT2D eigenvalue weighted by molar-refractivity contribution is 0.0985. The molecule has 256 valence electrons. The molecule has 0 bridgehead atoms. The smallest absolute Gasteiger partial charge is 0.256 e. The molecule has 51 heavy (non-hydrogen) atoms. The SMILES string of the molecule is COc1ccc2c(C3(c4c(F)cc(F)cc4F)C=Cc4c(ccc5cc(C(C)=O)c(C(=O)Nc6ccccc6)cc45)O3)c(OC)cc(OC)c2c1. The average Bonchev–Trinajstić information content (AvgIpc) is 3.12. The first-order valence-corrected chi connectivity index (χ1v) is 15.8. The molecular formula is C41H30F3NO6. The van der Waals surface area contributed by atoms with E-state index >= 15 is 8.78 Å². The van der Waals surface area contributed by atoms with Gasteiger partial charge in [0.1, 0.15) is 40.4 Å². The second kappa shape index (κ2) is 12.9. The van der Waals surface area contributed by atoms with Crippen molar-refractivity contribution in [3.63, 3.8) is 0 Å². The fourth-order valence-corrected chi connectivity index (χ4v) is 6.72. The van der Waals surface area contributed by atoms with Crippen LogP contribution in [0.5, 0.6) is 23.0 Å². The van der Waals surface area contributed by atoms with Crippen molar-refractivity contribution >= 4 is 45.0 Å². The summed E-state index contributed by atoms with van der Waals surface area (Å²) in [5.41, 5.74) is -1.06. The lowest BCUT2D eigenvalue weighted by Gasteiger charge is -2.38. The van der Waals surface area contributed by atoms with Crippen LogP contribution in [-0.4, -0.2) is 33.0 Å². The van der Waals surface area contributed by atoms with Crippen molar-refractivity contribution in [2.24, 2.45) is 0 Å². The number of hydrogen-bond donors (Lipinski definition) is 1. The Morgan fingerprint density at radius 2 is 1.43 bits per heavy atom. The third-order valence-electron chi connectivity index (χ3n) is 9.03. The van der Waals surface area contributed by atoms with Crippen LogP contribution in [0.2, 0.25) is 0 Å². The molecule has 0 spiro atoms. The van der Waals surface area contributed by atoms with E-state index in [1.54, 1.807) is 78.9 Å². The van der Waals surface area contributed by atoms with Gasteiger partial charge in [0.05, 0.1) is 38.0 Å². The van der Waals surface area contributed by atoms with E-state index in [2.05, 4.69) is 5.32 Å². The van der Waals surface area contributed by atoms with Crippen molar-refractivity contribution in [3.05, 3.63) is 142 Å². The first-order valence-electron chi connectivity index (χ1n) is 15.8. The molecule has 6 aromatic carbocycles. The lowest BCUT2D eigenvalue weighted by Crippen LogP contribution is -2.37. The molecule has 1 unspecified atom stereocenters. The number of ketones is 1.